The number of carbonyl (C=O) groups is 1. The SMILES string of the molecule is CC(C)c1cnc(CN2CCCC[C@H]2[C@@H]2CCCN2C(=O)OC(C)(C)C)o1. The number of ether oxygens (including phenoxy) is 1. The first-order valence-electron chi connectivity index (χ1n) is 10.4. The molecular weight excluding hydrogens is 342 g/mol. The van der Waals surface area contributed by atoms with Gasteiger partial charge in [0.25, 0.3) is 0 Å². The molecule has 27 heavy (non-hydrogen) atoms. The summed E-state index contributed by atoms with van der Waals surface area (Å²) in [5, 5.41) is 0. The highest BCUT2D eigenvalue weighted by molar-refractivity contribution is 5.69. The maximum atomic E-state index is 12.7. The maximum absolute atomic E-state index is 12.7. The molecule has 0 aromatic carbocycles. The van der Waals surface area contributed by atoms with Gasteiger partial charge in [0, 0.05) is 18.5 Å². The van der Waals surface area contributed by atoms with Crippen LogP contribution in [-0.4, -0.2) is 51.7 Å². The van der Waals surface area contributed by atoms with E-state index in [1.165, 1.54) is 12.8 Å². The van der Waals surface area contributed by atoms with E-state index in [1.54, 1.807) is 0 Å². The third-order valence-corrected chi connectivity index (χ3v) is 5.51. The van der Waals surface area contributed by atoms with Crippen LogP contribution in [0, 0.1) is 0 Å². The molecule has 1 aromatic heterocycles. The quantitative estimate of drug-likeness (QED) is 0.770. The molecule has 0 N–H and O–H groups in total. The van der Waals surface area contributed by atoms with Gasteiger partial charge >= 0.3 is 6.09 Å². The van der Waals surface area contributed by atoms with Crippen molar-refractivity contribution in [2.75, 3.05) is 13.1 Å². The summed E-state index contributed by atoms with van der Waals surface area (Å²) in [6, 6.07) is 0.572. The lowest BCUT2D eigenvalue weighted by atomic mass is 9.94. The topological polar surface area (TPSA) is 58.8 Å². The molecule has 6 nitrogen and oxygen atoms in total. The zero-order valence-electron chi connectivity index (χ0n) is 17.5. The highest BCUT2D eigenvalue weighted by Crippen LogP contribution is 2.31. The molecule has 0 unspecified atom stereocenters. The summed E-state index contributed by atoms with van der Waals surface area (Å²) in [7, 11) is 0. The van der Waals surface area contributed by atoms with Gasteiger partial charge in [0.15, 0.2) is 0 Å². The summed E-state index contributed by atoms with van der Waals surface area (Å²) in [6.07, 6.45) is 7.28. The number of amides is 1. The monoisotopic (exact) mass is 377 g/mol. The van der Waals surface area contributed by atoms with Crippen molar-refractivity contribution >= 4 is 6.09 Å². The summed E-state index contributed by atoms with van der Waals surface area (Å²) in [5.74, 6) is 2.07. The first-order valence-corrected chi connectivity index (χ1v) is 10.4. The lowest BCUT2D eigenvalue weighted by Gasteiger charge is -2.41. The summed E-state index contributed by atoms with van der Waals surface area (Å²) >= 11 is 0. The molecule has 2 fully saturated rings. The van der Waals surface area contributed by atoms with Crippen LogP contribution in [0.3, 0.4) is 0 Å². The summed E-state index contributed by atoms with van der Waals surface area (Å²) in [6.45, 7) is 12.6. The smallest absolute Gasteiger partial charge is 0.410 e. The minimum absolute atomic E-state index is 0.172. The van der Waals surface area contributed by atoms with Gasteiger partial charge in [-0.05, 0) is 53.0 Å². The van der Waals surface area contributed by atoms with Crippen LogP contribution in [0.25, 0.3) is 0 Å². The number of piperidine rings is 1. The predicted molar refractivity (Wildman–Crippen MR) is 105 cm³/mol. The first-order chi connectivity index (χ1) is 12.7. The van der Waals surface area contributed by atoms with Gasteiger partial charge in [-0.2, -0.15) is 0 Å². The van der Waals surface area contributed by atoms with Crippen molar-refractivity contribution in [3.63, 3.8) is 0 Å². The van der Waals surface area contributed by atoms with Crippen molar-refractivity contribution in [1.82, 2.24) is 14.8 Å². The van der Waals surface area contributed by atoms with E-state index in [2.05, 4.69) is 23.7 Å². The minimum atomic E-state index is -0.457. The second-order valence-electron chi connectivity index (χ2n) is 9.23. The van der Waals surface area contributed by atoms with Crippen molar-refractivity contribution in [3.05, 3.63) is 17.8 Å². The van der Waals surface area contributed by atoms with Gasteiger partial charge in [0.1, 0.15) is 11.4 Å². The van der Waals surface area contributed by atoms with Crippen molar-refractivity contribution < 1.29 is 13.9 Å². The molecule has 6 heteroatoms. The highest BCUT2D eigenvalue weighted by atomic mass is 16.6. The Kier molecular flexibility index (Phi) is 6.14. The normalized spacial score (nSPS) is 24.6. The molecule has 0 bridgehead atoms. The molecule has 0 spiro atoms. The first kappa shape index (κ1) is 20.2. The highest BCUT2D eigenvalue weighted by Gasteiger charge is 2.40. The van der Waals surface area contributed by atoms with Gasteiger partial charge in [0.05, 0.1) is 18.8 Å². The number of nitrogens with zero attached hydrogens (tertiary/aromatic N) is 3. The van der Waals surface area contributed by atoms with Crippen LogP contribution in [0.4, 0.5) is 4.79 Å². The molecule has 152 valence electrons. The Morgan fingerprint density at radius 3 is 2.63 bits per heavy atom. The van der Waals surface area contributed by atoms with Crippen LogP contribution in [0.1, 0.15) is 84.3 Å². The molecule has 0 saturated carbocycles. The zero-order valence-corrected chi connectivity index (χ0v) is 17.5. The third-order valence-electron chi connectivity index (χ3n) is 5.51. The van der Waals surface area contributed by atoms with Gasteiger partial charge in [-0.3, -0.25) is 4.90 Å². The number of oxazole rings is 1. The third kappa shape index (κ3) is 5.03. The van der Waals surface area contributed by atoms with E-state index >= 15 is 0 Å². The van der Waals surface area contributed by atoms with Crippen LogP contribution < -0.4 is 0 Å². The van der Waals surface area contributed by atoms with Crippen LogP contribution >= 0.6 is 0 Å². The molecule has 1 amide bonds. The second kappa shape index (κ2) is 8.21. The Labute approximate surface area is 163 Å². The van der Waals surface area contributed by atoms with Crippen LogP contribution in [0.15, 0.2) is 10.6 Å². The molecule has 2 aliphatic heterocycles. The predicted octanol–water partition coefficient (Wildman–Crippen LogP) is 4.55. The number of aromatic nitrogens is 1. The summed E-state index contributed by atoms with van der Waals surface area (Å²) < 4.78 is 11.6. The van der Waals surface area contributed by atoms with Crippen molar-refractivity contribution in [2.45, 2.75) is 96.9 Å². The molecule has 0 aliphatic carbocycles. The Hall–Kier alpha value is -1.56. The van der Waals surface area contributed by atoms with Crippen molar-refractivity contribution in [1.29, 1.82) is 0 Å². The fraction of sp³-hybridized carbons (Fsp3) is 0.810. The number of carbonyl (C=O) groups excluding carboxylic acids is 1. The summed E-state index contributed by atoms with van der Waals surface area (Å²) in [4.78, 5) is 21.6. The standard InChI is InChI=1S/C21H35N3O3/c1-15(2)18-13-22-19(26-18)14-23-11-7-6-9-16(23)17-10-8-12-24(17)20(25)27-21(3,4)5/h13,15-17H,6-12,14H2,1-5H3/t16-,17-/m0/s1. The van der Waals surface area contributed by atoms with E-state index in [0.29, 0.717) is 12.0 Å². The fourth-order valence-corrected chi connectivity index (χ4v) is 4.23. The average molecular weight is 378 g/mol. The van der Waals surface area contributed by atoms with Crippen LogP contribution in [0.5, 0.6) is 0 Å². The molecule has 3 rings (SSSR count). The lowest BCUT2D eigenvalue weighted by molar-refractivity contribution is 0.00533. The molecule has 0 radical (unpaired) electrons. The van der Waals surface area contributed by atoms with Crippen LogP contribution in [-0.2, 0) is 11.3 Å². The Bertz CT molecular complexity index is 635. The number of hydrogen-bond acceptors (Lipinski definition) is 5. The zero-order chi connectivity index (χ0) is 19.6. The van der Waals surface area contributed by atoms with E-state index in [-0.39, 0.29) is 12.1 Å². The van der Waals surface area contributed by atoms with Gasteiger partial charge in [-0.15, -0.1) is 0 Å². The lowest BCUT2D eigenvalue weighted by Crippen LogP contribution is -2.53. The van der Waals surface area contributed by atoms with Gasteiger partial charge in [0.2, 0.25) is 5.89 Å². The fourth-order valence-electron chi connectivity index (χ4n) is 4.23. The average Bonchev–Trinajstić information content (AvgIpc) is 3.23. The molecule has 2 atom stereocenters. The van der Waals surface area contributed by atoms with Crippen molar-refractivity contribution in [3.8, 4) is 0 Å². The maximum Gasteiger partial charge on any atom is 0.410 e. The number of rotatable bonds is 4. The Morgan fingerprint density at radius 1 is 1.22 bits per heavy atom. The Balaban J connectivity index is 1.70. The van der Waals surface area contributed by atoms with Gasteiger partial charge in [-0.25, -0.2) is 9.78 Å². The van der Waals surface area contributed by atoms with Gasteiger partial charge in [-0.1, -0.05) is 20.3 Å². The van der Waals surface area contributed by atoms with E-state index in [4.69, 9.17) is 9.15 Å². The second-order valence-corrected chi connectivity index (χ2v) is 9.23. The molecule has 1 aromatic rings. The molecular formula is C21H35N3O3. The largest absolute Gasteiger partial charge is 0.444 e. The minimum Gasteiger partial charge on any atom is -0.444 e. The van der Waals surface area contributed by atoms with E-state index in [1.807, 2.05) is 31.9 Å². The van der Waals surface area contributed by atoms with Gasteiger partial charge < -0.3 is 14.1 Å². The van der Waals surface area contributed by atoms with E-state index in [9.17, 15) is 4.79 Å². The molecule has 3 heterocycles. The van der Waals surface area contributed by atoms with Crippen molar-refractivity contribution in [2.24, 2.45) is 0 Å². The van der Waals surface area contributed by atoms with E-state index in [0.717, 1.165) is 50.5 Å². The number of hydrogen-bond donors (Lipinski definition) is 0. The number of likely N-dealkylation sites (tertiary alicyclic amines) is 2. The van der Waals surface area contributed by atoms with E-state index < -0.39 is 5.60 Å². The molecule has 2 aliphatic rings. The Morgan fingerprint density at radius 2 is 1.96 bits per heavy atom. The molecule has 2 saturated heterocycles. The van der Waals surface area contributed by atoms with Crippen LogP contribution in [0.2, 0.25) is 0 Å². The summed E-state index contributed by atoms with van der Waals surface area (Å²) in [5.41, 5.74) is -0.457.